The van der Waals surface area contributed by atoms with Gasteiger partial charge in [0.1, 0.15) is 0 Å². The molecule has 2 bridgehead atoms. The number of carbonyl (C=O) groups is 1. The Morgan fingerprint density at radius 2 is 2.14 bits per heavy atom. The van der Waals surface area contributed by atoms with Gasteiger partial charge in [-0.3, -0.25) is 9.69 Å². The molecule has 1 aromatic heterocycles. The zero-order chi connectivity index (χ0) is 14.2. The van der Waals surface area contributed by atoms with Crippen molar-refractivity contribution in [1.29, 1.82) is 0 Å². The summed E-state index contributed by atoms with van der Waals surface area (Å²) >= 11 is 1.83. The maximum atomic E-state index is 12.6. The second-order valence-electron chi connectivity index (χ2n) is 6.60. The molecule has 0 spiro atoms. The normalized spacial score (nSPS) is 27.9. The average Bonchev–Trinajstić information content (AvgIpc) is 3.06. The molecule has 0 radical (unpaired) electrons. The summed E-state index contributed by atoms with van der Waals surface area (Å²) in [6.45, 7) is 4.42. The van der Waals surface area contributed by atoms with Crippen LogP contribution in [0.5, 0.6) is 0 Å². The van der Waals surface area contributed by atoms with Gasteiger partial charge in [-0.2, -0.15) is 0 Å². The van der Waals surface area contributed by atoms with Crippen LogP contribution >= 0.6 is 23.7 Å². The Kier molecular flexibility index (Phi) is 5.07. The molecule has 2 atom stereocenters. The topological polar surface area (TPSA) is 35.6 Å². The van der Waals surface area contributed by atoms with Crippen LogP contribution in [0.1, 0.15) is 29.7 Å². The minimum Gasteiger partial charge on any atom is -0.337 e. The van der Waals surface area contributed by atoms with E-state index in [-0.39, 0.29) is 12.4 Å². The third-order valence-corrected chi connectivity index (χ3v) is 6.15. The van der Waals surface area contributed by atoms with Crippen LogP contribution in [0.25, 0.3) is 0 Å². The maximum absolute atomic E-state index is 12.6. The SMILES string of the molecule is Cl.O=C(CN1CCC2CCC(C1)N2)N1CCc2sccc2C1. The van der Waals surface area contributed by atoms with E-state index in [0.717, 1.165) is 32.6 Å². The minimum atomic E-state index is 0. The summed E-state index contributed by atoms with van der Waals surface area (Å²) in [5, 5.41) is 5.83. The van der Waals surface area contributed by atoms with Crippen molar-refractivity contribution >= 4 is 29.7 Å². The fourth-order valence-electron chi connectivity index (χ4n) is 3.91. The molecule has 6 heteroatoms. The number of likely N-dealkylation sites (tertiary alicyclic amines) is 1. The first-order valence-electron chi connectivity index (χ1n) is 8.09. The Bertz CT molecular complexity index is 535. The van der Waals surface area contributed by atoms with Crippen LogP contribution in [0.3, 0.4) is 0 Å². The van der Waals surface area contributed by atoms with Crippen LogP contribution in [0.2, 0.25) is 0 Å². The molecule has 0 saturated carbocycles. The number of nitrogens with one attached hydrogen (secondary N) is 1. The lowest BCUT2D eigenvalue weighted by atomic mass is 10.1. The van der Waals surface area contributed by atoms with Gasteiger partial charge in [0.15, 0.2) is 0 Å². The number of halogens is 1. The standard InChI is InChI=1S/C16H23N3OS.ClH/c20-16(19-7-4-15-12(9-19)5-8-21-15)11-18-6-3-13-1-2-14(10-18)17-13;/h5,8,13-14,17H,1-4,6-7,9-11H2;1H. The fourth-order valence-corrected chi connectivity index (χ4v) is 4.80. The van der Waals surface area contributed by atoms with Gasteiger partial charge in [0.05, 0.1) is 6.54 Å². The van der Waals surface area contributed by atoms with Crippen molar-refractivity contribution in [2.24, 2.45) is 0 Å². The van der Waals surface area contributed by atoms with Gasteiger partial charge in [-0.15, -0.1) is 23.7 Å². The molecule has 4 nitrogen and oxygen atoms in total. The molecule has 122 valence electrons. The summed E-state index contributed by atoms with van der Waals surface area (Å²) in [7, 11) is 0. The monoisotopic (exact) mass is 341 g/mol. The molecule has 2 unspecified atom stereocenters. The third kappa shape index (κ3) is 3.32. The van der Waals surface area contributed by atoms with E-state index in [4.69, 9.17) is 0 Å². The van der Waals surface area contributed by atoms with Crippen molar-refractivity contribution in [1.82, 2.24) is 15.1 Å². The van der Waals surface area contributed by atoms with E-state index in [9.17, 15) is 4.79 Å². The van der Waals surface area contributed by atoms with E-state index in [1.54, 1.807) is 0 Å². The van der Waals surface area contributed by atoms with Gasteiger partial charge in [-0.05, 0) is 42.7 Å². The number of nitrogens with zero attached hydrogens (tertiary/aromatic N) is 2. The fraction of sp³-hybridized carbons (Fsp3) is 0.688. The Labute approximate surface area is 142 Å². The number of thiophene rings is 1. The highest BCUT2D eigenvalue weighted by molar-refractivity contribution is 7.10. The van der Waals surface area contributed by atoms with Gasteiger partial charge in [-0.1, -0.05) is 0 Å². The van der Waals surface area contributed by atoms with E-state index >= 15 is 0 Å². The first kappa shape index (κ1) is 16.2. The highest BCUT2D eigenvalue weighted by Crippen LogP contribution is 2.24. The predicted octanol–water partition coefficient (Wildman–Crippen LogP) is 1.88. The number of rotatable bonds is 2. The molecule has 0 aromatic carbocycles. The molecular weight excluding hydrogens is 318 g/mol. The third-order valence-electron chi connectivity index (χ3n) is 5.13. The summed E-state index contributed by atoms with van der Waals surface area (Å²) < 4.78 is 0. The number of carbonyl (C=O) groups excluding carboxylic acids is 1. The molecular formula is C16H24ClN3OS. The highest BCUT2D eigenvalue weighted by atomic mass is 35.5. The van der Waals surface area contributed by atoms with Gasteiger partial charge < -0.3 is 10.2 Å². The van der Waals surface area contributed by atoms with E-state index in [1.807, 2.05) is 16.2 Å². The Morgan fingerprint density at radius 3 is 3.05 bits per heavy atom. The molecule has 1 aromatic rings. The molecule has 3 aliphatic heterocycles. The van der Waals surface area contributed by atoms with Crippen LogP contribution < -0.4 is 5.32 Å². The summed E-state index contributed by atoms with van der Waals surface area (Å²) in [4.78, 5) is 18.5. The second-order valence-corrected chi connectivity index (χ2v) is 7.60. The van der Waals surface area contributed by atoms with Crippen LogP contribution in [0, 0.1) is 0 Å². The van der Waals surface area contributed by atoms with Crippen molar-refractivity contribution in [2.75, 3.05) is 26.2 Å². The van der Waals surface area contributed by atoms with Gasteiger partial charge in [0, 0.05) is 43.1 Å². The van der Waals surface area contributed by atoms with E-state index in [2.05, 4.69) is 21.7 Å². The van der Waals surface area contributed by atoms with Crippen molar-refractivity contribution < 1.29 is 4.79 Å². The smallest absolute Gasteiger partial charge is 0.237 e. The zero-order valence-electron chi connectivity index (χ0n) is 12.8. The molecule has 1 amide bonds. The molecule has 4 rings (SSSR count). The number of hydrogen-bond donors (Lipinski definition) is 1. The summed E-state index contributed by atoms with van der Waals surface area (Å²) in [6, 6.07) is 3.47. The summed E-state index contributed by atoms with van der Waals surface area (Å²) in [5.41, 5.74) is 1.36. The van der Waals surface area contributed by atoms with Crippen molar-refractivity contribution in [2.45, 2.75) is 44.3 Å². The van der Waals surface area contributed by atoms with Crippen molar-refractivity contribution in [3.05, 3.63) is 21.9 Å². The lowest BCUT2D eigenvalue weighted by Gasteiger charge is -2.30. The van der Waals surface area contributed by atoms with E-state index < -0.39 is 0 Å². The number of fused-ring (bicyclic) bond motifs is 3. The zero-order valence-corrected chi connectivity index (χ0v) is 14.4. The molecule has 22 heavy (non-hydrogen) atoms. The Balaban J connectivity index is 0.00000144. The first-order chi connectivity index (χ1) is 10.3. The molecule has 3 aliphatic rings. The van der Waals surface area contributed by atoms with Crippen LogP contribution in [-0.2, 0) is 17.8 Å². The van der Waals surface area contributed by atoms with Gasteiger partial charge in [0.2, 0.25) is 5.91 Å². The predicted molar refractivity (Wildman–Crippen MR) is 91.7 cm³/mol. The lowest BCUT2D eigenvalue weighted by Crippen LogP contribution is -2.44. The van der Waals surface area contributed by atoms with Gasteiger partial charge >= 0.3 is 0 Å². The van der Waals surface area contributed by atoms with E-state index in [1.165, 1.54) is 29.7 Å². The van der Waals surface area contributed by atoms with Crippen LogP contribution in [0.4, 0.5) is 0 Å². The van der Waals surface area contributed by atoms with Crippen molar-refractivity contribution in [3.8, 4) is 0 Å². The lowest BCUT2D eigenvalue weighted by molar-refractivity contribution is -0.133. The minimum absolute atomic E-state index is 0. The Morgan fingerprint density at radius 1 is 1.27 bits per heavy atom. The maximum Gasteiger partial charge on any atom is 0.237 e. The number of amides is 1. The second kappa shape index (κ2) is 6.87. The molecule has 1 N–H and O–H groups in total. The molecule has 0 aliphatic carbocycles. The van der Waals surface area contributed by atoms with E-state index in [0.29, 0.717) is 24.5 Å². The summed E-state index contributed by atoms with van der Waals surface area (Å²) in [6.07, 6.45) is 4.82. The van der Waals surface area contributed by atoms with Gasteiger partial charge in [-0.25, -0.2) is 0 Å². The van der Waals surface area contributed by atoms with Gasteiger partial charge in [0.25, 0.3) is 0 Å². The summed E-state index contributed by atoms with van der Waals surface area (Å²) in [5.74, 6) is 0.310. The molecule has 4 heterocycles. The quantitative estimate of drug-likeness (QED) is 0.892. The average molecular weight is 342 g/mol. The molecule has 2 saturated heterocycles. The first-order valence-corrected chi connectivity index (χ1v) is 8.97. The Hall–Kier alpha value is -0.620. The highest BCUT2D eigenvalue weighted by Gasteiger charge is 2.31. The largest absolute Gasteiger partial charge is 0.337 e. The number of hydrogen-bond acceptors (Lipinski definition) is 4. The molecule has 2 fully saturated rings. The van der Waals surface area contributed by atoms with Crippen molar-refractivity contribution in [3.63, 3.8) is 0 Å². The van der Waals surface area contributed by atoms with Crippen LogP contribution in [-0.4, -0.2) is 54.0 Å². The van der Waals surface area contributed by atoms with Crippen LogP contribution in [0.15, 0.2) is 11.4 Å².